The molecule has 5 nitrogen and oxygen atoms in total. The standard InChI is InChI=1S/C16H22N4O/c1-16(2,3)13-7-11(15(21)17-8-10-5-6-10)12-9-18-20(4)14(12)19-13/h7,9-10H,5-6,8H2,1-4H3,(H,17,21). The van der Waals surface area contributed by atoms with Crippen LogP contribution in [0.4, 0.5) is 0 Å². The van der Waals surface area contributed by atoms with Gasteiger partial charge in [0.05, 0.1) is 17.1 Å². The van der Waals surface area contributed by atoms with Gasteiger partial charge in [-0.05, 0) is 24.8 Å². The third-order valence-electron chi connectivity index (χ3n) is 3.97. The monoisotopic (exact) mass is 286 g/mol. The van der Waals surface area contributed by atoms with Gasteiger partial charge < -0.3 is 5.32 Å². The Bertz CT molecular complexity index is 692. The van der Waals surface area contributed by atoms with E-state index in [4.69, 9.17) is 0 Å². The van der Waals surface area contributed by atoms with Gasteiger partial charge in [0.15, 0.2) is 5.65 Å². The van der Waals surface area contributed by atoms with Crippen LogP contribution in [0.25, 0.3) is 11.0 Å². The van der Waals surface area contributed by atoms with Crippen LogP contribution in [0.3, 0.4) is 0 Å². The number of amides is 1. The fourth-order valence-electron chi connectivity index (χ4n) is 2.34. The minimum atomic E-state index is -0.107. The average molecular weight is 286 g/mol. The molecule has 1 N–H and O–H groups in total. The molecule has 0 spiro atoms. The van der Waals surface area contributed by atoms with Crippen LogP contribution < -0.4 is 5.32 Å². The van der Waals surface area contributed by atoms with E-state index < -0.39 is 0 Å². The molecule has 2 aromatic rings. The molecule has 112 valence electrons. The van der Waals surface area contributed by atoms with Gasteiger partial charge in [0.2, 0.25) is 0 Å². The molecule has 1 fully saturated rings. The first-order valence-corrected chi connectivity index (χ1v) is 7.47. The lowest BCUT2D eigenvalue weighted by molar-refractivity contribution is 0.0953. The summed E-state index contributed by atoms with van der Waals surface area (Å²) < 4.78 is 1.72. The van der Waals surface area contributed by atoms with Crippen LogP contribution in [0.1, 0.15) is 49.7 Å². The number of aromatic nitrogens is 3. The number of nitrogens with one attached hydrogen (secondary N) is 1. The van der Waals surface area contributed by atoms with Crippen molar-refractivity contribution in [1.29, 1.82) is 0 Å². The van der Waals surface area contributed by atoms with E-state index in [0.29, 0.717) is 11.5 Å². The molecule has 21 heavy (non-hydrogen) atoms. The van der Waals surface area contributed by atoms with E-state index in [1.807, 2.05) is 13.1 Å². The summed E-state index contributed by atoms with van der Waals surface area (Å²) in [5, 5.41) is 8.10. The van der Waals surface area contributed by atoms with Crippen molar-refractivity contribution in [2.24, 2.45) is 13.0 Å². The third-order valence-corrected chi connectivity index (χ3v) is 3.97. The first-order valence-electron chi connectivity index (χ1n) is 7.47. The van der Waals surface area contributed by atoms with Crippen LogP contribution >= 0.6 is 0 Å². The number of rotatable bonds is 3. The second-order valence-corrected chi connectivity index (χ2v) is 6.96. The molecule has 1 aliphatic carbocycles. The number of hydrogen-bond donors (Lipinski definition) is 1. The van der Waals surface area contributed by atoms with Crippen LogP contribution in [-0.4, -0.2) is 27.2 Å². The van der Waals surface area contributed by atoms with Crippen LogP contribution in [0.2, 0.25) is 0 Å². The van der Waals surface area contributed by atoms with Crippen molar-refractivity contribution < 1.29 is 4.79 Å². The number of carbonyl (C=O) groups excluding carboxylic acids is 1. The molecule has 3 rings (SSSR count). The number of carbonyl (C=O) groups is 1. The van der Waals surface area contributed by atoms with Gasteiger partial charge in [-0.1, -0.05) is 20.8 Å². The number of pyridine rings is 1. The largest absolute Gasteiger partial charge is 0.352 e. The smallest absolute Gasteiger partial charge is 0.252 e. The fraction of sp³-hybridized carbons (Fsp3) is 0.562. The molecule has 1 amide bonds. The molecular formula is C16H22N4O. The van der Waals surface area contributed by atoms with Crippen molar-refractivity contribution in [1.82, 2.24) is 20.1 Å². The van der Waals surface area contributed by atoms with Gasteiger partial charge in [0.25, 0.3) is 5.91 Å². The van der Waals surface area contributed by atoms with Crippen LogP contribution in [-0.2, 0) is 12.5 Å². The number of fused-ring (bicyclic) bond motifs is 1. The van der Waals surface area contributed by atoms with Crippen molar-refractivity contribution in [3.63, 3.8) is 0 Å². The van der Waals surface area contributed by atoms with E-state index in [1.165, 1.54) is 12.8 Å². The summed E-state index contributed by atoms with van der Waals surface area (Å²) in [5.41, 5.74) is 2.25. The molecule has 2 heterocycles. The Morgan fingerprint density at radius 3 is 2.76 bits per heavy atom. The van der Waals surface area contributed by atoms with Crippen LogP contribution in [0, 0.1) is 5.92 Å². The van der Waals surface area contributed by atoms with Gasteiger partial charge >= 0.3 is 0 Å². The molecule has 2 aromatic heterocycles. The van der Waals surface area contributed by atoms with Gasteiger partial charge in [-0.15, -0.1) is 0 Å². The minimum Gasteiger partial charge on any atom is -0.352 e. The third kappa shape index (κ3) is 2.77. The maximum Gasteiger partial charge on any atom is 0.252 e. The maximum absolute atomic E-state index is 12.5. The second kappa shape index (κ2) is 4.83. The van der Waals surface area contributed by atoms with E-state index in [-0.39, 0.29) is 11.3 Å². The zero-order chi connectivity index (χ0) is 15.2. The van der Waals surface area contributed by atoms with Gasteiger partial charge in [0, 0.05) is 24.7 Å². The maximum atomic E-state index is 12.5. The molecule has 0 radical (unpaired) electrons. The Morgan fingerprint density at radius 2 is 2.14 bits per heavy atom. The normalized spacial score (nSPS) is 15.4. The van der Waals surface area contributed by atoms with Gasteiger partial charge in [-0.3, -0.25) is 9.48 Å². The molecule has 1 saturated carbocycles. The average Bonchev–Trinajstić information content (AvgIpc) is 3.18. The van der Waals surface area contributed by atoms with Crippen LogP contribution in [0.15, 0.2) is 12.3 Å². The molecule has 0 aromatic carbocycles. The Balaban J connectivity index is 2.03. The number of nitrogens with zero attached hydrogens (tertiary/aromatic N) is 3. The predicted molar refractivity (Wildman–Crippen MR) is 82.3 cm³/mol. The molecule has 5 heteroatoms. The lowest BCUT2D eigenvalue weighted by Gasteiger charge is -2.19. The first-order chi connectivity index (χ1) is 9.86. The van der Waals surface area contributed by atoms with Crippen molar-refractivity contribution in [2.75, 3.05) is 6.54 Å². The summed E-state index contributed by atoms with van der Waals surface area (Å²) in [6.07, 6.45) is 4.18. The Hall–Kier alpha value is -1.91. The van der Waals surface area contributed by atoms with Crippen LogP contribution in [0.5, 0.6) is 0 Å². The summed E-state index contributed by atoms with van der Waals surface area (Å²) in [4.78, 5) is 17.2. The summed E-state index contributed by atoms with van der Waals surface area (Å²) in [5.74, 6) is 0.648. The Kier molecular flexibility index (Phi) is 3.23. The number of aryl methyl sites for hydroxylation is 1. The Labute approximate surface area is 124 Å². The van der Waals surface area contributed by atoms with Gasteiger partial charge in [0.1, 0.15) is 0 Å². The highest BCUT2D eigenvalue weighted by Gasteiger charge is 2.25. The van der Waals surface area contributed by atoms with Crippen molar-refractivity contribution in [2.45, 2.75) is 39.0 Å². The lowest BCUT2D eigenvalue weighted by Crippen LogP contribution is -2.26. The lowest BCUT2D eigenvalue weighted by atomic mass is 9.90. The second-order valence-electron chi connectivity index (χ2n) is 6.96. The summed E-state index contributed by atoms with van der Waals surface area (Å²) >= 11 is 0. The van der Waals surface area contributed by atoms with E-state index in [9.17, 15) is 4.79 Å². The fourth-order valence-corrected chi connectivity index (χ4v) is 2.34. The zero-order valence-corrected chi connectivity index (χ0v) is 13.1. The van der Waals surface area contributed by atoms with Gasteiger partial charge in [-0.25, -0.2) is 4.98 Å². The van der Waals surface area contributed by atoms with Crippen molar-refractivity contribution in [3.8, 4) is 0 Å². The minimum absolute atomic E-state index is 0.0206. The Morgan fingerprint density at radius 1 is 1.43 bits per heavy atom. The molecule has 0 aliphatic heterocycles. The quantitative estimate of drug-likeness (QED) is 0.942. The topological polar surface area (TPSA) is 59.8 Å². The number of hydrogen-bond acceptors (Lipinski definition) is 3. The molecule has 1 aliphatic rings. The molecule has 0 saturated heterocycles. The van der Waals surface area contributed by atoms with Crippen molar-refractivity contribution >= 4 is 16.9 Å². The van der Waals surface area contributed by atoms with Gasteiger partial charge in [-0.2, -0.15) is 5.10 Å². The van der Waals surface area contributed by atoms with E-state index in [0.717, 1.165) is 23.3 Å². The highest BCUT2D eigenvalue weighted by molar-refractivity contribution is 6.05. The highest BCUT2D eigenvalue weighted by Crippen LogP contribution is 2.28. The zero-order valence-electron chi connectivity index (χ0n) is 13.1. The molecule has 0 unspecified atom stereocenters. The predicted octanol–water partition coefficient (Wildman–Crippen LogP) is 2.41. The summed E-state index contributed by atoms with van der Waals surface area (Å²) in [6, 6.07) is 1.91. The van der Waals surface area contributed by atoms with Crippen molar-refractivity contribution in [3.05, 3.63) is 23.5 Å². The van der Waals surface area contributed by atoms with E-state index >= 15 is 0 Å². The van der Waals surface area contributed by atoms with E-state index in [1.54, 1.807) is 10.9 Å². The highest BCUT2D eigenvalue weighted by atomic mass is 16.1. The summed E-state index contributed by atoms with van der Waals surface area (Å²) in [6.45, 7) is 7.07. The molecule has 0 bridgehead atoms. The molecule has 0 atom stereocenters. The summed E-state index contributed by atoms with van der Waals surface area (Å²) in [7, 11) is 1.85. The SMILES string of the molecule is Cn1ncc2c(C(=O)NCC3CC3)cc(C(C)(C)C)nc21. The van der Waals surface area contributed by atoms with E-state index in [2.05, 4.69) is 36.2 Å². The molecular weight excluding hydrogens is 264 g/mol. The first kappa shape index (κ1) is 14.0.